The van der Waals surface area contributed by atoms with Crippen molar-refractivity contribution in [3.8, 4) is 0 Å². The number of aromatic nitrogens is 2. The van der Waals surface area contributed by atoms with E-state index in [1.807, 2.05) is 28.9 Å². The molecule has 22 heavy (non-hydrogen) atoms. The lowest BCUT2D eigenvalue weighted by Crippen LogP contribution is -2.43. The highest BCUT2D eigenvalue weighted by Gasteiger charge is 2.09. The molecule has 0 aliphatic rings. The molecule has 0 spiro atoms. The summed E-state index contributed by atoms with van der Waals surface area (Å²) in [6.45, 7) is 7.17. The SMILES string of the molecule is CN=C(NCc1cn2cc(Br)ccc2n1)NC(C)C(C)C.I. The van der Waals surface area contributed by atoms with Crippen LogP contribution in [-0.4, -0.2) is 28.4 Å². The van der Waals surface area contributed by atoms with E-state index in [0.717, 1.165) is 21.8 Å². The van der Waals surface area contributed by atoms with Crippen molar-refractivity contribution in [2.75, 3.05) is 7.05 Å². The monoisotopic (exact) mass is 479 g/mol. The van der Waals surface area contributed by atoms with Gasteiger partial charge in [-0.1, -0.05) is 13.8 Å². The van der Waals surface area contributed by atoms with Gasteiger partial charge in [0.1, 0.15) is 5.65 Å². The summed E-state index contributed by atoms with van der Waals surface area (Å²) in [5.74, 6) is 1.35. The number of nitrogens with one attached hydrogen (secondary N) is 2. The summed E-state index contributed by atoms with van der Waals surface area (Å²) in [4.78, 5) is 8.82. The lowest BCUT2D eigenvalue weighted by atomic mass is 10.1. The van der Waals surface area contributed by atoms with Gasteiger partial charge in [0.05, 0.1) is 12.2 Å². The summed E-state index contributed by atoms with van der Waals surface area (Å²) in [6.07, 6.45) is 4.02. The minimum absolute atomic E-state index is 0. The van der Waals surface area contributed by atoms with E-state index < -0.39 is 0 Å². The van der Waals surface area contributed by atoms with Gasteiger partial charge in [-0.05, 0) is 40.9 Å². The van der Waals surface area contributed by atoms with Crippen LogP contribution in [0.4, 0.5) is 0 Å². The molecule has 0 aliphatic carbocycles. The second kappa shape index (κ2) is 8.71. The molecule has 7 heteroatoms. The molecule has 2 aromatic heterocycles. The molecule has 0 saturated heterocycles. The first kappa shape index (κ1) is 19.2. The minimum atomic E-state index is 0. The van der Waals surface area contributed by atoms with E-state index in [0.29, 0.717) is 18.5 Å². The molecule has 2 aromatic rings. The number of fused-ring (bicyclic) bond motifs is 1. The van der Waals surface area contributed by atoms with Crippen molar-refractivity contribution in [3.63, 3.8) is 0 Å². The molecule has 2 N–H and O–H groups in total. The Hall–Kier alpha value is -0.830. The first-order chi connectivity index (χ1) is 9.99. The van der Waals surface area contributed by atoms with E-state index >= 15 is 0 Å². The Morgan fingerprint density at radius 1 is 1.32 bits per heavy atom. The molecule has 0 aliphatic heterocycles. The summed E-state index contributed by atoms with van der Waals surface area (Å²) >= 11 is 3.46. The molecule has 0 fully saturated rings. The van der Waals surface area contributed by atoms with Crippen molar-refractivity contribution in [1.29, 1.82) is 0 Å². The maximum Gasteiger partial charge on any atom is 0.191 e. The van der Waals surface area contributed by atoms with Crippen LogP contribution < -0.4 is 10.6 Å². The fourth-order valence-corrected chi connectivity index (χ4v) is 2.21. The summed E-state index contributed by atoms with van der Waals surface area (Å²) < 4.78 is 3.05. The molecule has 2 rings (SSSR count). The average molecular weight is 480 g/mol. The van der Waals surface area contributed by atoms with Gasteiger partial charge in [-0.15, -0.1) is 24.0 Å². The molecule has 1 unspecified atom stereocenters. The Bertz CT molecular complexity index is 638. The predicted molar refractivity (Wildman–Crippen MR) is 106 cm³/mol. The summed E-state index contributed by atoms with van der Waals surface area (Å²) in [5, 5.41) is 6.67. The first-order valence-corrected chi connectivity index (χ1v) is 7.89. The second-order valence-electron chi connectivity index (χ2n) is 5.45. The van der Waals surface area contributed by atoms with Crippen LogP contribution in [0.2, 0.25) is 0 Å². The molecule has 1 atom stereocenters. The highest BCUT2D eigenvalue weighted by Crippen LogP contribution is 2.12. The van der Waals surface area contributed by atoms with Crippen molar-refractivity contribution < 1.29 is 0 Å². The number of imidazole rings is 1. The predicted octanol–water partition coefficient (Wildman–Crippen LogP) is 3.42. The molecule has 0 radical (unpaired) electrons. The molecule has 0 aromatic carbocycles. The smallest absolute Gasteiger partial charge is 0.191 e. The Morgan fingerprint density at radius 2 is 2.05 bits per heavy atom. The van der Waals surface area contributed by atoms with E-state index in [1.54, 1.807) is 7.05 Å². The number of aliphatic imine (C=N–C) groups is 1. The van der Waals surface area contributed by atoms with Crippen LogP contribution in [-0.2, 0) is 6.54 Å². The Kier molecular flexibility index (Phi) is 7.61. The van der Waals surface area contributed by atoms with Crippen molar-refractivity contribution >= 4 is 51.5 Å². The number of hydrogen-bond acceptors (Lipinski definition) is 2. The van der Waals surface area contributed by atoms with Gasteiger partial charge >= 0.3 is 0 Å². The molecular weight excluding hydrogens is 457 g/mol. The van der Waals surface area contributed by atoms with Crippen molar-refractivity contribution in [1.82, 2.24) is 20.0 Å². The van der Waals surface area contributed by atoms with Crippen molar-refractivity contribution in [2.24, 2.45) is 10.9 Å². The Morgan fingerprint density at radius 3 is 2.68 bits per heavy atom. The van der Waals surface area contributed by atoms with E-state index in [9.17, 15) is 0 Å². The van der Waals surface area contributed by atoms with Crippen molar-refractivity contribution in [3.05, 3.63) is 34.7 Å². The van der Waals surface area contributed by atoms with E-state index in [2.05, 4.69) is 57.3 Å². The third-order valence-electron chi connectivity index (χ3n) is 3.49. The van der Waals surface area contributed by atoms with Gasteiger partial charge in [0, 0.05) is 30.0 Å². The first-order valence-electron chi connectivity index (χ1n) is 7.10. The topological polar surface area (TPSA) is 53.7 Å². The van der Waals surface area contributed by atoms with Gasteiger partial charge < -0.3 is 15.0 Å². The third kappa shape index (κ3) is 5.12. The summed E-state index contributed by atoms with van der Waals surface area (Å²) in [6, 6.07) is 4.35. The Balaban J connectivity index is 0.00000242. The molecule has 122 valence electrons. The van der Waals surface area contributed by atoms with E-state index in [-0.39, 0.29) is 24.0 Å². The number of nitrogens with zero attached hydrogens (tertiary/aromatic N) is 3. The molecule has 5 nitrogen and oxygen atoms in total. The maximum atomic E-state index is 4.57. The zero-order valence-corrected chi connectivity index (χ0v) is 17.2. The third-order valence-corrected chi connectivity index (χ3v) is 3.96. The summed E-state index contributed by atoms with van der Waals surface area (Å²) in [5.41, 5.74) is 1.92. The van der Waals surface area contributed by atoms with Crippen LogP contribution in [0.5, 0.6) is 0 Å². The molecule has 0 saturated carbocycles. The summed E-state index contributed by atoms with van der Waals surface area (Å²) in [7, 11) is 1.78. The average Bonchev–Trinajstić information content (AvgIpc) is 2.84. The maximum absolute atomic E-state index is 4.57. The zero-order valence-electron chi connectivity index (χ0n) is 13.3. The van der Waals surface area contributed by atoms with Gasteiger partial charge in [0.2, 0.25) is 0 Å². The fraction of sp³-hybridized carbons (Fsp3) is 0.467. The fourth-order valence-electron chi connectivity index (χ4n) is 1.85. The zero-order chi connectivity index (χ0) is 15.4. The number of hydrogen-bond donors (Lipinski definition) is 2. The van der Waals surface area contributed by atoms with Crippen LogP contribution in [0.3, 0.4) is 0 Å². The van der Waals surface area contributed by atoms with E-state index in [4.69, 9.17) is 0 Å². The van der Waals surface area contributed by atoms with Gasteiger partial charge in [-0.25, -0.2) is 4.98 Å². The molecule has 0 amide bonds. The normalized spacial score (nSPS) is 13.1. The van der Waals surface area contributed by atoms with Crippen LogP contribution in [0.25, 0.3) is 5.65 Å². The molecule has 2 heterocycles. The van der Waals surface area contributed by atoms with Crippen LogP contribution in [0.15, 0.2) is 34.0 Å². The highest BCUT2D eigenvalue weighted by atomic mass is 127. The van der Waals surface area contributed by atoms with E-state index in [1.165, 1.54) is 0 Å². The van der Waals surface area contributed by atoms with Gasteiger partial charge in [0.25, 0.3) is 0 Å². The second-order valence-corrected chi connectivity index (χ2v) is 6.36. The number of pyridine rings is 1. The van der Waals surface area contributed by atoms with Gasteiger partial charge in [-0.2, -0.15) is 0 Å². The van der Waals surface area contributed by atoms with Gasteiger partial charge in [-0.3, -0.25) is 4.99 Å². The lowest BCUT2D eigenvalue weighted by molar-refractivity contribution is 0.480. The molecule has 0 bridgehead atoms. The lowest BCUT2D eigenvalue weighted by Gasteiger charge is -2.20. The number of guanidine groups is 1. The largest absolute Gasteiger partial charge is 0.354 e. The minimum Gasteiger partial charge on any atom is -0.354 e. The van der Waals surface area contributed by atoms with Crippen molar-refractivity contribution in [2.45, 2.75) is 33.4 Å². The van der Waals surface area contributed by atoms with Crippen LogP contribution in [0.1, 0.15) is 26.5 Å². The quantitative estimate of drug-likeness (QED) is 0.401. The number of halogens is 2. The van der Waals surface area contributed by atoms with Crippen LogP contribution >= 0.6 is 39.9 Å². The highest BCUT2D eigenvalue weighted by molar-refractivity contribution is 14.0. The number of rotatable bonds is 4. The van der Waals surface area contributed by atoms with Gasteiger partial charge in [0.15, 0.2) is 5.96 Å². The van der Waals surface area contributed by atoms with Crippen LogP contribution in [0, 0.1) is 5.92 Å². The molecular formula is C15H23BrIN5. The standard InChI is InChI=1S/C15H22BrN5.HI/c1-10(2)11(3)19-15(17-4)18-7-13-9-21-8-12(16)5-6-14(21)20-13;/h5-6,8-11H,7H2,1-4H3,(H2,17,18,19);1H. The Labute approximate surface area is 157 Å².